The number of aromatic hydroxyl groups is 1. The second-order valence-corrected chi connectivity index (χ2v) is 9.09. The Kier molecular flexibility index (Phi) is 6.32. The molecule has 0 saturated heterocycles. The number of carbonyl (C=O) groups is 2. The summed E-state index contributed by atoms with van der Waals surface area (Å²) >= 11 is 0. The number of phenolic OH excluding ortho intramolecular Hbond substituents is 1. The standard InChI is InChI=1S/C26H26N4O6/c31-17-10-8-15(9-11-17)13-19(26(34)35)27-24(32)18-14-21-28-23(20-7-4-12-36-20)22(25(33)30(21)29-18)16-5-2-1-3-6-16/h4,7-12,14,16,19,29,31H,1-3,5-6,13H2,(H,27,32)(H,34,35)/t19-/m0/s1. The first kappa shape index (κ1) is 23.4. The van der Waals surface area contributed by atoms with Crippen molar-refractivity contribution in [2.24, 2.45) is 0 Å². The fourth-order valence-electron chi connectivity index (χ4n) is 4.82. The zero-order valence-corrected chi connectivity index (χ0v) is 19.4. The summed E-state index contributed by atoms with van der Waals surface area (Å²) < 4.78 is 6.81. The van der Waals surface area contributed by atoms with Crippen molar-refractivity contribution >= 4 is 17.5 Å². The lowest BCUT2D eigenvalue weighted by Crippen LogP contribution is -2.42. The SMILES string of the molecule is O=C(N[C@@H](Cc1ccc(O)cc1)C(=O)O)c1cc2nc(-c3ccco3)c(C3CCCCC3)c(=O)n2[nH]1. The summed E-state index contributed by atoms with van der Waals surface area (Å²) in [6.07, 6.45) is 6.49. The number of nitrogens with one attached hydrogen (secondary N) is 2. The number of phenols is 1. The van der Waals surface area contributed by atoms with Crippen molar-refractivity contribution in [2.45, 2.75) is 50.5 Å². The molecule has 1 aliphatic carbocycles. The van der Waals surface area contributed by atoms with Crippen LogP contribution in [0, 0.1) is 0 Å². The Morgan fingerprint density at radius 2 is 1.92 bits per heavy atom. The lowest BCUT2D eigenvalue weighted by molar-refractivity contribution is -0.139. The number of carboxylic acid groups (broad SMARTS) is 1. The Hall–Kier alpha value is -4.34. The highest BCUT2D eigenvalue weighted by molar-refractivity contribution is 5.96. The molecule has 1 aromatic carbocycles. The molecule has 0 bridgehead atoms. The monoisotopic (exact) mass is 490 g/mol. The highest BCUT2D eigenvalue weighted by atomic mass is 16.4. The maximum Gasteiger partial charge on any atom is 0.326 e. The lowest BCUT2D eigenvalue weighted by atomic mass is 9.83. The molecule has 1 atom stereocenters. The molecule has 1 amide bonds. The van der Waals surface area contributed by atoms with E-state index in [1.807, 2.05) is 0 Å². The van der Waals surface area contributed by atoms with Gasteiger partial charge in [0.2, 0.25) is 0 Å². The van der Waals surface area contributed by atoms with Gasteiger partial charge >= 0.3 is 5.97 Å². The van der Waals surface area contributed by atoms with Gasteiger partial charge in [-0.25, -0.2) is 14.3 Å². The molecule has 1 aliphatic rings. The highest BCUT2D eigenvalue weighted by Crippen LogP contribution is 2.35. The van der Waals surface area contributed by atoms with Crippen LogP contribution in [0.5, 0.6) is 5.75 Å². The first-order valence-corrected chi connectivity index (χ1v) is 11.9. The third-order valence-electron chi connectivity index (χ3n) is 6.64. The number of carbonyl (C=O) groups excluding carboxylic acids is 1. The van der Waals surface area contributed by atoms with E-state index in [0.717, 1.165) is 32.1 Å². The van der Waals surface area contributed by atoms with Gasteiger partial charge in [-0.2, -0.15) is 0 Å². The zero-order chi connectivity index (χ0) is 25.2. The topological polar surface area (TPSA) is 150 Å². The number of hydrogen-bond acceptors (Lipinski definition) is 6. The van der Waals surface area contributed by atoms with Crippen LogP contribution in [0.4, 0.5) is 0 Å². The molecule has 36 heavy (non-hydrogen) atoms. The van der Waals surface area contributed by atoms with Gasteiger partial charge in [0.1, 0.15) is 23.2 Å². The Balaban J connectivity index is 1.48. The summed E-state index contributed by atoms with van der Waals surface area (Å²) in [5.74, 6) is -1.29. The second kappa shape index (κ2) is 9.73. The van der Waals surface area contributed by atoms with E-state index >= 15 is 0 Å². The minimum atomic E-state index is -1.21. The van der Waals surface area contributed by atoms with E-state index in [1.54, 1.807) is 24.3 Å². The second-order valence-electron chi connectivity index (χ2n) is 9.09. The molecule has 3 heterocycles. The summed E-state index contributed by atoms with van der Waals surface area (Å²) in [7, 11) is 0. The molecule has 10 nitrogen and oxygen atoms in total. The van der Waals surface area contributed by atoms with E-state index in [2.05, 4.69) is 15.4 Å². The molecule has 5 rings (SSSR count). The quantitative estimate of drug-likeness (QED) is 0.310. The predicted octanol–water partition coefficient (Wildman–Crippen LogP) is 3.46. The molecular formula is C26H26N4O6. The maximum absolute atomic E-state index is 13.6. The first-order chi connectivity index (χ1) is 17.4. The van der Waals surface area contributed by atoms with Crippen molar-refractivity contribution in [3.8, 4) is 17.2 Å². The van der Waals surface area contributed by atoms with E-state index in [9.17, 15) is 24.6 Å². The molecular weight excluding hydrogens is 464 g/mol. The van der Waals surface area contributed by atoms with E-state index < -0.39 is 17.9 Å². The number of aliphatic carboxylic acids is 1. The number of rotatable bonds is 7. The summed E-state index contributed by atoms with van der Waals surface area (Å²) in [6, 6.07) is 9.78. The van der Waals surface area contributed by atoms with Crippen LogP contribution in [0.25, 0.3) is 17.1 Å². The van der Waals surface area contributed by atoms with E-state index in [1.165, 1.54) is 29.0 Å². The average Bonchev–Trinajstić information content (AvgIpc) is 3.56. The van der Waals surface area contributed by atoms with Crippen molar-refractivity contribution in [1.29, 1.82) is 0 Å². The van der Waals surface area contributed by atoms with E-state index in [4.69, 9.17) is 4.42 Å². The average molecular weight is 491 g/mol. The van der Waals surface area contributed by atoms with Gasteiger partial charge in [0.05, 0.1) is 11.8 Å². The van der Waals surface area contributed by atoms with Gasteiger partial charge in [0.15, 0.2) is 11.4 Å². The predicted molar refractivity (Wildman–Crippen MR) is 130 cm³/mol. The number of furan rings is 1. The normalized spacial score (nSPS) is 15.1. The third kappa shape index (κ3) is 4.61. The van der Waals surface area contributed by atoms with Crippen LogP contribution in [-0.4, -0.2) is 42.7 Å². The molecule has 3 aromatic heterocycles. The van der Waals surface area contributed by atoms with Crippen molar-refractivity contribution in [2.75, 3.05) is 0 Å². The van der Waals surface area contributed by atoms with Crippen LogP contribution in [0.15, 0.2) is 57.9 Å². The number of nitrogens with zero attached hydrogens (tertiary/aromatic N) is 2. The lowest BCUT2D eigenvalue weighted by Gasteiger charge is -2.22. The Bertz CT molecular complexity index is 1450. The molecule has 4 N–H and O–H groups in total. The number of aromatic amines is 1. The van der Waals surface area contributed by atoms with Crippen molar-refractivity contribution in [1.82, 2.24) is 19.9 Å². The summed E-state index contributed by atoms with van der Waals surface area (Å²) in [4.78, 5) is 43.0. The molecule has 0 radical (unpaired) electrons. The fraction of sp³-hybridized carbons (Fsp3) is 0.308. The maximum atomic E-state index is 13.6. The fourth-order valence-corrected chi connectivity index (χ4v) is 4.82. The first-order valence-electron chi connectivity index (χ1n) is 11.9. The molecule has 1 saturated carbocycles. The number of fused-ring (bicyclic) bond motifs is 1. The summed E-state index contributed by atoms with van der Waals surface area (Å²) in [5, 5.41) is 24.4. The van der Waals surface area contributed by atoms with Gasteiger partial charge in [-0.1, -0.05) is 31.4 Å². The molecule has 10 heteroatoms. The van der Waals surface area contributed by atoms with Gasteiger partial charge in [0, 0.05) is 12.5 Å². The molecule has 0 aliphatic heterocycles. The van der Waals surface area contributed by atoms with Gasteiger partial charge in [0.25, 0.3) is 11.5 Å². The number of H-pyrrole nitrogens is 1. The van der Waals surface area contributed by atoms with E-state index in [-0.39, 0.29) is 35.0 Å². The Labute approximate surface area is 205 Å². The molecule has 1 fully saturated rings. The minimum Gasteiger partial charge on any atom is -0.508 e. The van der Waals surface area contributed by atoms with Crippen LogP contribution >= 0.6 is 0 Å². The highest BCUT2D eigenvalue weighted by Gasteiger charge is 2.28. The number of carboxylic acids is 1. The van der Waals surface area contributed by atoms with Crippen molar-refractivity contribution < 1.29 is 24.2 Å². The summed E-state index contributed by atoms with van der Waals surface area (Å²) in [5.41, 5.74) is 1.63. The smallest absolute Gasteiger partial charge is 0.326 e. The molecule has 0 unspecified atom stereocenters. The van der Waals surface area contributed by atoms with Crippen molar-refractivity contribution in [3.63, 3.8) is 0 Å². The van der Waals surface area contributed by atoms with E-state index in [0.29, 0.717) is 22.6 Å². The van der Waals surface area contributed by atoms with Crippen LogP contribution in [-0.2, 0) is 11.2 Å². The van der Waals surface area contributed by atoms with Crippen LogP contribution < -0.4 is 10.9 Å². The minimum absolute atomic E-state index is 0.0164. The summed E-state index contributed by atoms with van der Waals surface area (Å²) in [6.45, 7) is 0. The van der Waals surface area contributed by atoms with Crippen LogP contribution in [0.2, 0.25) is 0 Å². The number of aromatic nitrogens is 3. The molecule has 186 valence electrons. The Morgan fingerprint density at radius 3 is 2.58 bits per heavy atom. The zero-order valence-electron chi connectivity index (χ0n) is 19.4. The van der Waals surface area contributed by atoms with Crippen LogP contribution in [0.3, 0.4) is 0 Å². The number of amides is 1. The van der Waals surface area contributed by atoms with Gasteiger partial charge < -0.3 is 19.9 Å². The van der Waals surface area contributed by atoms with Gasteiger partial charge in [-0.05, 0) is 48.6 Å². The largest absolute Gasteiger partial charge is 0.508 e. The van der Waals surface area contributed by atoms with Gasteiger partial charge in [-0.15, -0.1) is 0 Å². The molecule has 0 spiro atoms. The molecule has 4 aromatic rings. The number of benzene rings is 1. The number of hydrogen-bond donors (Lipinski definition) is 4. The van der Waals surface area contributed by atoms with Gasteiger partial charge in [-0.3, -0.25) is 14.7 Å². The Morgan fingerprint density at radius 1 is 1.17 bits per heavy atom. The van der Waals surface area contributed by atoms with Crippen LogP contribution in [0.1, 0.15) is 59.6 Å². The van der Waals surface area contributed by atoms with Crippen molar-refractivity contribution in [3.05, 3.63) is 75.9 Å². The third-order valence-corrected chi connectivity index (χ3v) is 6.64.